The second kappa shape index (κ2) is 5.17. The van der Waals surface area contributed by atoms with Gasteiger partial charge in [-0.1, -0.05) is 6.92 Å². The second-order valence-electron chi connectivity index (χ2n) is 4.91. The standard InChI is InChI=1S/C15H17NO2/c1-10-7-14(9-15(18)8-10)16-13-5-3-12(4-6-13)11(2)17/h3-6,9-10,16H,7-8H2,1-2H3/t10-/m0/s1. The highest BCUT2D eigenvalue weighted by Crippen LogP contribution is 2.23. The largest absolute Gasteiger partial charge is 0.359 e. The number of nitrogens with one attached hydrogen (secondary N) is 1. The van der Waals surface area contributed by atoms with E-state index in [-0.39, 0.29) is 11.6 Å². The molecule has 0 saturated carbocycles. The number of carbonyl (C=O) groups is 2. The molecule has 0 spiro atoms. The molecular formula is C15H17NO2. The number of rotatable bonds is 3. The third-order valence-corrected chi connectivity index (χ3v) is 3.05. The van der Waals surface area contributed by atoms with Gasteiger partial charge in [-0.15, -0.1) is 0 Å². The molecule has 1 aliphatic rings. The molecule has 0 aromatic heterocycles. The van der Waals surface area contributed by atoms with Crippen LogP contribution in [-0.2, 0) is 4.79 Å². The molecule has 1 N–H and O–H groups in total. The Hall–Kier alpha value is -1.90. The number of anilines is 1. The molecule has 1 aromatic rings. The lowest BCUT2D eigenvalue weighted by atomic mass is 9.93. The Morgan fingerprint density at radius 1 is 1.22 bits per heavy atom. The van der Waals surface area contributed by atoms with Crippen molar-refractivity contribution >= 4 is 17.3 Å². The zero-order valence-electron chi connectivity index (χ0n) is 10.7. The molecule has 2 rings (SSSR count). The smallest absolute Gasteiger partial charge is 0.159 e. The average molecular weight is 243 g/mol. The summed E-state index contributed by atoms with van der Waals surface area (Å²) >= 11 is 0. The Morgan fingerprint density at radius 2 is 1.89 bits per heavy atom. The molecule has 0 unspecified atom stereocenters. The fourth-order valence-electron chi connectivity index (χ4n) is 2.16. The summed E-state index contributed by atoms with van der Waals surface area (Å²) in [4.78, 5) is 22.6. The molecule has 0 amide bonds. The highest BCUT2D eigenvalue weighted by atomic mass is 16.1. The maximum Gasteiger partial charge on any atom is 0.159 e. The zero-order valence-corrected chi connectivity index (χ0v) is 10.7. The molecule has 94 valence electrons. The third-order valence-electron chi connectivity index (χ3n) is 3.05. The van der Waals surface area contributed by atoms with E-state index in [0.717, 1.165) is 17.8 Å². The van der Waals surface area contributed by atoms with E-state index in [4.69, 9.17) is 0 Å². The highest BCUT2D eigenvalue weighted by Gasteiger charge is 2.16. The molecule has 0 fully saturated rings. The molecule has 0 bridgehead atoms. The number of carbonyl (C=O) groups excluding carboxylic acids is 2. The van der Waals surface area contributed by atoms with Gasteiger partial charge in [0.2, 0.25) is 0 Å². The summed E-state index contributed by atoms with van der Waals surface area (Å²) in [6, 6.07) is 7.31. The second-order valence-corrected chi connectivity index (χ2v) is 4.91. The van der Waals surface area contributed by atoms with Gasteiger partial charge in [0.15, 0.2) is 11.6 Å². The Kier molecular flexibility index (Phi) is 3.60. The van der Waals surface area contributed by atoms with E-state index in [1.807, 2.05) is 12.1 Å². The van der Waals surface area contributed by atoms with Gasteiger partial charge in [0.05, 0.1) is 0 Å². The van der Waals surface area contributed by atoms with Crippen LogP contribution in [0.15, 0.2) is 36.0 Å². The Labute approximate surface area is 107 Å². The Balaban J connectivity index is 2.10. The van der Waals surface area contributed by atoms with Crippen LogP contribution in [0.5, 0.6) is 0 Å². The summed E-state index contributed by atoms with van der Waals surface area (Å²) < 4.78 is 0. The summed E-state index contributed by atoms with van der Waals surface area (Å²) in [6.07, 6.45) is 3.20. The number of Topliss-reactive ketones (excluding diaryl/α,β-unsaturated/α-hetero) is 1. The quantitative estimate of drug-likeness (QED) is 0.829. The Morgan fingerprint density at radius 3 is 2.44 bits per heavy atom. The number of allylic oxidation sites excluding steroid dienone is 2. The minimum absolute atomic E-state index is 0.0576. The van der Waals surface area contributed by atoms with Gasteiger partial charge in [-0.2, -0.15) is 0 Å². The summed E-state index contributed by atoms with van der Waals surface area (Å²) in [6.45, 7) is 3.62. The van der Waals surface area contributed by atoms with E-state index < -0.39 is 0 Å². The first kappa shape index (κ1) is 12.6. The number of hydrogen-bond acceptors (Lipinski definition) is 3. The number of benzene rings is 1. The summed E-state index contributed by atoms with van der Waals surface area (Å²) in [5, 5.41) is 3.24. The molecule has 1 atom stereocenters. The SMILES string of the molecule is CC(=O)c1ccc(NC2=CC(=O)C[C@@H](C)C2)cc1. The van der Waals surface area contributed by atoms with Crippen LogP contribution in [0.25, 0.3) is 0 Å². The van der Waals surface area contributed by atoms with Crippen molar-refractivity contribution in [2.24, 2.45) is 5.92 Å². The minimum atomic E-state index is 0.0576. The van der Waals surface area contributed by atoms with E-state index in [2.05, 4.69) is 12.2 Å². The van der Waals surface area contributed by atoms with Crippen LogP contribution < -0.4 is 5.32 Å². The van der Waals surface area contributed by atoms with Gasteiger partial charge in [-0.25, -0.2) is 0 Å². The van der Waals surface area contributed by atoms with Crippen molar-refractivity contribution in [3.63, 3.8) is 0 Å². The van der Waals surface area contributed by atoms with E-state index >= 15 is 0 Å². The van der Waals surface area contributed by atoms with Gasteiger partial charge in [0.1, 0.15) is 0 Å². The van der Waals surface area contributed by atoms with Gasteiger partial charge < -0.3 is 5.32 Å². The Bertz CT molecular complexity index is 500. The van der Waals surface area contributed by atoms with Gasteiger partial charge in [-0.05, 0) is 43.5 Å². The first-order valence-corrected chi connectivity index (χ1v) is 6.16. The average Bonchev–Trinajstić information content (AvgIpc) is 2.28. The van der Waals surface area contributed by atoms with Crippen LogP contribution >= 0.6 is 0 Å². The fraction of sp³-hybridized carbons (Fsp3) is 0.333. The molecule has 1 aliphatic carbocycles. The molecule has 0 radical (unpaired) electrons. The maximum atomic E-state index is 11.5. The van der Waals surface area contributed by atoms with Crippen LogP contribution in [-0.4, -0.2) is 11.6 Å². The van der Waals surface area contributed by atoms with Crippen LogP contribution in [0.3, 0.4) is 0 Å². The molecule has 0 saturated heterocycles. The van der Waals surface area contributed by atoms with Crippen molar-refractivity contribution in [1.82, 2.24) is 0 Å². The van der Waals surface area contributed by atoms with Crippen LogP contribution in [0.4, 0.5) is 5.69 Å². The maximum absolute atomic E-state index is 11.5. The normalized spacial score (nSPS) is 19.3. The summed E-state index contributed by atoms with van der Waals surface area (Å²) in [5.74, 6) is 0.625. The van der Waals surface area contributed by atoms with Gasteiger partial charge in [0.25, 0.3) is 0 Å². The predicted molar refractivity (Wildman–Crippen MR) is 71.6 cm³/mol. The van der Waals surface area contributed by atoms with Crippen LogP contribution in [0, 0.1) is 5.92 Å². The molecule has 0 heterocycles. The van der Waals surface area contributed by atoms with Crippen molar-refractivity contribution in [2.75, 3.05) is 5.32 Å². The minimum Gasteiger partial charge on any atom is -0.359 e. The summed E-state index contributed by atoms with van der Waals surface area (Å²) in [5.41, 5.74) is 2.56. The van der Waals surface area contributed by atoms with Crippen molar-refractivity contribution in [1.29, 1.82) is 0 Å². The van der Waals surface area contributed by atoms with Crippen molar-refractivity contribution in [3.8, 4) is 0 Å². The molecule has 0 aliphatic heterocycles. The van der Waals surface area contributed by atoms with Crippen molar-refractivity contribution < 1.29 is 9.59 Å². The zero-order chi connectivity index (χ0) is 13.1. The lowest BCUT2D eigenvalue weighted by molar-refractivity contribution is -0.115. The van der Waals surface area contributed by atoms with Gasteiger partial charge in [-0.3, -0.25) is 9.59 Å². The molecule has 3 heteroatoms. The number of ketones is 2. The summed E-state index contributed by atoms with van der Waals surface area (Å²) in [7, 11) is 0. The lowest BCUT2D eigenvalue weighted by Gasteiger charge is -2.19. The predicted octanol–water partition coefficient (Wildman–Crippen LogP) is 3.18. The first-order chi connectivity index (χ1) is 8.54. The van der Waals surface area contributed by atoms with Gasteiger partial charge in [0, 0.05) is 29.4 Å². The van der Waals surface area contributed by atoms with E-state index in [9.17, 15) is 9.59 Å². The molecular weight excluding hydrogens is 226 g/mol. The fourth-order valence-corrected chi connectivity index (χ4v) is 2.16. The topological polar surface area (TPSA) is 46.2 Å². The molecule has 18 heavy (non-hydrogen) atoms. The monoisotopic (exact) mass is 243 g/mol. The first-order valence-electron chi connectivity index (χ1n) is 6.16. The van der Waals surface area contributed by atoms with Gasteiger partial charge >= 0.3 is 0 Å². The van der Waals surface area contributed by atoms with E-state index in [0.29, 0.717) is 17.9 Å². The van der Waals surface area contributed by atoms with Crippen LogP contribution in [0.2, 0.25) is 0 Å². The van der Waals surface area contributed by atoms with Crippen molar-refractivity contribution in [2.45, 2.75) is 26.7 Å². The lowest BCUT2D eigenvalue weighted by Crippen LogP contribution is -2.15. The third kappa shape index (κ3) is 3.06. The molecule has 1 aromatic carbocycles. The highest BCUT2D eigenvalue weighted by molar-refractivity contribution is 5.94. The number of hydrogen-bond donors (Lipinski definition) is 1. The van der Waals surface area contributed by atoms with Crippen molar-refractivity contribution in [3.05, 3.63) is 41.6 Å². The van der Waals surface area contributed by atoms with Crippen LogP contribution in [0.1, 0.15) is 37.0 Å². The molecule has 3 nitrogen and oxygen atoms in total. The van der Waals surface area contributed by atoms with E-state index in [1.54, 1.807) is 25.1 Å². The van der Waals surface area contributed by atoms with E-state index in [1.165, 1.54) is 0 Å².